The van der Waals surface area contributed by atoms with Crippen LogP contribution in [0.5, 0.6) is 0 Å². The van der Waals surface area contributed by atoms with E-state index in [1.807, 2.05) is 0 Å². The second-order valence-electron chi connectivity index (χ2n) is 3.76. The summed E-state index contributed by atoms with van der Waals surface area (Å²) in [5.74, 6) is -2.32. The Morgan fingerprint density at radius 2 is 1.86 bits per heavy atom. The van der Waals surface area contributed by atoms with Crippen LogP contribution in [0.15, 0.2) is 0 Å². The average molecular weight is 206 g/mol. The molecule has 0 unspecified atom stereocenters. The molecule has 0 aromatic carbocycles. The first-order valence-electron chi connectivity index (χ1n) is 4.82. The topological polar surface area (TPSA) is 35.5 Å². The SMILES string of the molecule is O=C1OC2(CCCCC2)O[C@H](F)[C@@H]1F. The first-order chi connectivity index (χ1) is 6.63. The van der Waals surface area contributed by atoms with E-state index in [4.69, 9.17) is 9.47 Å². The van der Waals surface area contributed by atoms with Gasteiger partial charge in [-0.15, -0.1) is 0 Å². The lowest BCUT2D eigenvalue weighted by Crippen LogP contribution is -2.52. The van der Waals surface area contributed by atoms with Crippen molar-refractivity contribution in [3.63, 3.8) is 0 Å². The largest absolute Gasteiger partial charge is 0.431 e. The number of carbonyl (C=O) groups is 1. The Labute approximate surface area is 80.4 Å². The van der Waals surface area contributed by atoms with Crippen molar-refractivity contribution >= 4 is 5.97 Å². The maximum absolute atomic E-state index is 13.0. The molecule has 2 atom stereocenters. The van der Waals surface area contributed by atoms with E-state index in [2.05, 4.69) is 0 Å². The summed E-state index contributed by atoms with van der Waals surface area (Å²) >= 11 is 0. The molecule has 5 heteroatoms. The maximum Gasteiger partial charge on any atom is 0.349 e. The van der Waals surface area contributed by atoms with E-state index < -0.39 is 24.3 Å². The lowest BCUT2D eigenvalue weighted by Gasteiger charge is -2.41. The van der Waals surface area contributed by atoms with Crippen molar-refractivity contribution in [1.82, 2.24) is 0 Å². The fraction of sp³-hybridized carbons (Fsp3) is 0.889. The Morgan fingerprint density at radius 3 is 2.43 bits per heavy atom. The Balaban J connectivity index is 2.10. The minimum atomic E-state index is -2.29. The van der Waals surface area contributed by atoms with E-state index in [9.17, 15) is 13.6 Å². The van der Waals surface area contributed by atoms with Crippen molar-refractivity contribution in [1.29, 1.82) is 0 Å². The van der Waals surface area contributed by atoms with Crippen molar-refractivity contribution in [3.05, 3.63) is 0 Å². The van der Waals surface area contributed by atoms with Gasteiger partial charge in [0, 0.05) is 12.8 Å². The Morgan fingerprint density at radius 1 is 1.21 bits per heavy atom. The maximum atomic E-state index is 13.0. The Kier molecular flexibility index (Phi) is 2.43. The second-order valence-corrected chi connectivity index (χ2v) is 3.76. The van der Waals surface area contributed by atoms with Crippen LogP contribution >= 0.6 is 0 Å². The van der Waals surface area contributed by atoms with E-state index in [1.165, 1.54) is 0 Å². The molecule has 2 fully saturated rings. The smallest absolute Gasteiger partial charge is 0.349 e. The molecule has 2 aliphatic rings. The molecule has 14 heavy (non-hydrogen) atoms. The molecule has 0 amide bonds. The monoisotopic (exact) mass is 206 g/mol. The fourth-order valence-corrected chi connectivity index (χ4v) is 1.95. The number of hydrogen-bond donors (Lipinski definition) is 0. The van der Waals surface area contributed by atoms with Gasteiger partial charge in [0.25, 0.3) is 6.17 Å². The molecule has 1 heterocycles. The van der Waals surface area contributed by atoms with Gasteiger partial charge in [-0.25, -0.2) is 13.6 Å². The van der Waals surface area contributed by atoms with Gasteiger partial charge in [0.05, 0.1) is 0 Å². The lowest BCUT2D eigenvalue weighted by molar-refractivity contribution is -0.321. The molecule has 1 saturated heterocycles. The van der Waals surface area contributed by atoms with E-state index in [-0.39, 0.29) is 0 Å². The lowest BCUT2D eigenvalue weighted by atomic mass is 9.93. The van der Waals surface area contributed by atoms with E-state index in [0.717, 1.165) is 19.3 Å². The van der Waals surface area contributed by atoms with Gasteiger partial charge in [0.15, 0.2) is 0 Å². The molecule has 2 rings (SSSR count). The predicted octanol–water partition coefficient (Wildman–Crippen LogP) is 1.85. The predicted molar refractivity (Wildman–Crippen MR) is 42.8 cm³/mol. The molecular weight excluding hydrogens is 194 g/mol. The molecule has 0 radical (unpaired) electrons. The van der Waals surface area contributed by atoms with Gasteiger partial charge in [0.2, 0.25) is 12.1 Å². The highest BCUT2D eigenvalue weighted by Gasteiger charge is 2.49. The van der Waals surface area contributed by atoms with Crippen molar-refractivity contribution in [2.45, 2.75) is 50.4 Å². The van der Waals surface area contributed by atoms with E-state index >= 15 is 0 Å². The van der Waals surface area contributed by atoms with Crippen molar-refractivity contribution < 1.29 is 23.0 Å². The molecule has 1 saturated carbocycles. The van der Waals surface area contributed by atoms with Crippen LogP contribution < -0.4 is 0 Å². The molecule has 1 spiro atoms. The summed E-state index contributed by atoms with van der Waals surface area (Å²) in [4.78, 5) is 11.0. The molecule has 1 aliphatic heterocycles. The highest BCUT2D eigenvalue weighted by Crippen LogP contribution is 2.38. The summed E-state index contributed by atoms with van der Waals surface area (Å²) in [5.41, 5.74) is 0. The van der Waals surface area contributed by atoms with Gasteiger partial charge >= 0.3 is 5.97 Å². The third-order valence-corrected chi connectivity index (χ3v) is 2.68. The van der Waals surface area contributed by atoms with Gasteiger partial charge in [-0.05, 0) is 12.8 Å². The third kappa shape index (κ3) is 1.61. The normalized spacial score (nSPS) is 36.9. The van der Waals surface area contributed by atoms with Crippen LogP contribution in [-0.4, -0.2) is 24.3 Å². The number of rotatable bonds is 0. The number of halogens is 2. The van der Waals surface area contributed by atoms with Gasteiger partial charge in [-0.1, -0.05) is 6.42 Å². The van der Waals surface area contributed by atoms with Gasteiger partial charge in [0.1, 0.15) is 0 Å². The molecule has 3 nitrogen and oxygen atoms in total. The van der Waals surface area contributed by atoms with Crippen LogP contribution in [0.4, 0.5) is 8.78 Å². The number of alkyl halides is 2. The summed E-state index contributed by atoms with van der Waals surface area (Å²) in [7, 11) is 0. The van der Waals surface area contributed by atoms with Crippen LogP contribution in [-0.2, 0) is 14.3 Å². The highest BCUT2D eigenvalue weighted by molar-refractivity contribution is 5.76. The third-order valence-electron chi connectivity index (χ3n) is 2.68. The number of esters is 1. The molecule has 0 N–H and O–H groups in total. The van der Waals surface area contributed by atoms with Crippen molar-refractivity contribution in [2.75, 3.05) is 0 Å². The first-order valence-corrected chi connectivity index (χ1v) is 4.82. The molecule has 0 bridgehead atoms. The van der Waals surface area contributed by atoms with Gasteiger partial charge in [-0.3, -0.25) is 0 Å². The standard InChI is InChI=1S/C9H12F2O3/c10-6-7(11)13-9(14-8(6)12)4-2-1-3-5-9/h6-7H,1-5H2/t6-,7-/m0/s1. The Bertz CT molecular complexity index is 238. The summed E-state index contributed by atoms with van der Waals surface area (Å²) in [6.07, 6.45) is -0.887. The zero-order valence-corrected chi connectivity index (χ0v) is 7.67. The second kappa shape index (κ2) is 3.46. The minimum absolute atomic E-state index is 0.464. The molecular formula is C9H12F2O3. The fourth-order valence-electron chi connectivity index (χ4n) is 1.95. The molecule has 0 aromatic heterocycles. The summed E-state index contributed by atoms with van der Waals surface area (Å²) in [5, 5.41) is 0. The number of ether oxygens (including phenoxy) is 2. The Hall–Kier alpha value is -0.710. The van der Waals surface area contributed by atoms with Crippen LogP contribution in [0.2, 0.25) is 0 Å². The summed E-state index contributed by atoms with van der Waals surface area (Å²) < 4.78 is 35.3. The van der Waals surface area contributed by atoms with Crippen LogP contribution in [0.1, 0.15) is 32.1 Å². The van der Waals surface area contributed by atoms with E-state index in [0.29, 0.717) is 12.8 Å². The summed E-state index contributed by atoms with van der Waals surface area (Å²) in [6.45, 7) is 0. The molecule has 80 valence electrons. The van der Waals surface area contributed by atoms with Gasteiger partial charge in [-0.2, -0.15) is 0 Å². The number of hydrogen-bond acceptors (Lipinski definition) is 3. The minimum Gasteiger partial charge on any atom is -0.431 e. The highest BCUT2D eigenvalue weighted by atomic mass is 19.2. The van der Waals surface area contributed by atoms with Crippen LogP contribution in [0.3, 0.4) is 0 Å². The van der Waals surface area contributed by atoms with Crippen LogP contribution in [0.25, 0.3) is 0 Å². The molecule has 1 aliphatic carbocycles. The van der Waals surface area contributed by atoms with Crippen molar-refractivity contribution in [3.8, 4) is 0 Å². The average Bonchev–Trinajstić information content (AvgIpc) is 2.15. The van der Waals surface area contributed by atoms with Crippen LogP contribution in [0, 0.1) is 0 Å². The first kappa shape index (κ1) is 9.83. The summed E-state index contributed by atoms with van der Waals surface area (Å²) in [6, 6.07) is 0. The molecule has 0 aromatic rings. The zero-order chi connectivity index (χ0) is 10.2. The van der Waals surface area contributed by atoms with Crippen molar-refractivity contribution in [2.24, 2.45) is 0 Å². The quantitative estimate of drug-likeness (QED) is 0.567. The number of carbonyl (C=O) groups excluding carboxylic acids is 1. The zero-order valence-electron chi connectivity index (χ0n) is 7.67. The van der Waals surface area contributed by atoms with Gasteiger partial charge < -0.3 is 9.47 Å². The van der Waals surface area contributed by atoms with E-state index in [1.54, 1.807) is 0 Å².